The lowest BCUT2D eigenvalue weighted by molar-refractivity contribution is 0.228. The zero-order chi connectivity index (χ0) is 13.8. The third-order valence-electron chi connectivity index (χ3n) is 3.79. The Morgan fingerprint density at radius 2 is 2.10 bits per heavy atom. The first-order valence-electron chi connectivity index (χ1n) is 7.46. The normalized spacial score (nSPS) is 16.6. The van der Waals surface area contributed by atoms with E-state index in [1.54, 1.807) is 10.8 Å². The standard InChI is InChI=1S/C14H22N6/c1-12-10-13(20-14(18-12)16-11-17-20)15-6-5-9-19-7-3-2-4-8-19/h10-11,15H,2-9H2,1H3. The average molecular weight is 274 g/mol. The molecule has 0 amide bonds. The summed E-state index contributed by atoms with van der Waals surface area (Å²) < 4.78 is 1.76. The van der Waals surface area contributed by atoms with Gasteiger partial charge in [-0.15, -0.1) is 0 Å². The fraction of sp³-hybridized carbons (Fsp3) is 0.643. The Balaban J connectivity index is 1.53. The zero-order valence-corrected chi connectivity index (χ0v) is 12.0. The number of nitrogens with zero attached hydrogens (tertiary/aromatic N) is 5. The second kappa shape index (κ2) is 6.17. The van der Waals surface area contributed by atoms with Gasteiger partial charge in [-0.05, 0) is 45.8 Å². The summed E-state index contributed by atoms with van der Waals surface area (Å²) in [6, 6.07) is 2.02. The van der Waals surface area contributed by atoms with Crippen molar-refractivity contribution in [2.24, 2.45) is 0 Å². The molecule has 0 unspecified atom stereocenters. The van der Waals surface area contributed by atoms with E-state index in [1.807, 2.05) is 13.0 Å². The molecule has 2 aromatic heterocycles. The van der Waals surface area contributed by atoms with Gasteiger partial charge in [-0.2, -0.15) is 14.6 Å². The summed E-state index contributed by atoms with van der Waals surface area (Å²) in [5, 5.41) is 7.65. The molecule has 108 valence electrons. The van der Waals surface area contributed by atoms with Gasteiger partial charge in [0.05, 0.1) is 0 Å². The largest absolute Gasteiger partial charge is 0.370 e. The van der Waals surface area contributed by atoms with Crippen molar-refractivity contribution < 1.29 is 0 Å². The fourth-order valence-electron chi connectivity index (χ4n) is 2.76. The second-order valence-corrected chi connectivity index (χ2v) is 5.44. The lowest BCUT2D eigenvalue weighted by Crippen LogP contribution is -2.31. The van der Waals surface area contributed by atoms with Crippen LogP contribution in [0.1, 0.15) is 31.4 Å². The molecule has 0 radical (unpaired) electrons. The Kier molecular flexibility index (Phi) is 4.11. The Morgan fingerprint density at radius 1 is 1.25 bits per heavy atom. The fourth-order valence-corrected chi connectivity index (χ4v) is 2.76. The van der Waals surface area contributed by atoms with Gasteiger partial charge >= 0.3 is 0 Å². The van der Waals surface area contributed by atoms with Crippen LogP contribution in [0, 0.1) is 6.92 Å². The summed E-state index contributed by atoms with van der Waals surface area (Å²) in [7, 11) is 0. The smallest absolute Gasteiger partial charge is 0.254 e. The van der Waals surface area contributed by atoms with E-state index in [1.165, 1.54) is 38.9 Å². The molecule has 6 heteroatoms. The van der Waals surface area contributed by atoms with Gasteiger partial charge in [-0.3, -0.25) is 0 Å². The molecular formula is C14H22N6. The summed E-state index contributed by atoms with van der Waals surface area (Å²) in [6.07, 6.45) is 6.81. The van der Waals surface area contributed by atoms with Crippen molar-refractivity contribution in [1.29, 1.82) is 0 Å². The first-order chi connectivity index (χ1) is 9.83. The molecule has 0 spiro atoms. The minimum atomic E-state index is 0.656. The molecule has 0 aromatic carbocycles. The van der Waals surface area contributed by atoms with Gasteiger partial charge in [0, 0.05) is 18.3 Å². The Hall–Kier alpha value is -1.69. The summed E-state index contributed by atoms with van der Waals surface area (Å²) in [5.74, 6) is 1.63. The third-order valence-corrected chi connectivity index (χ3v) is 3.79. The van der Waals surface area contributed by atoms with Crippen molar-refractivity contribution in [3.63, 3.8) is 0 Å². The summed E-state index contributed by atoms with van der Waals surface area (Å²) in [6.45, 7) is 6.64. The van der Waals surface area contributed by atoms with Crippen molar-refractivity contribution in [2.45, 2.75) is 32.6 Å². The van der Waals surface area contributed by atoms with Crippen LogP contribution in [0.3, 0.4) is 0 Å². The Bertz CT molecular complexity index is 558. The summed E-state index contributed by atoms with van der Waals surface area (Å²) >= 11 is 0. The molecule has 1 saturated heterocycles. The lowest BCUT2D eigenvalue weighted by Gasteiger charge is -2.26. The first-order valence-corrected chi connectivity index (χ1v) is 7.46. The number of hydrogen-bond acceptors (Lipinski definition) is 5. The van der Waals surface area contributed by atoms with Crippen LogP contribution in [0.2, 0.25) is 0 Å². The molecule has 0 aliphatic carbocycles. The van der Waals surface area contributed by atoms with Crippen molar-refractivity contribution in [2.75, 3.05) is 31.5 Å². The maximum atomic E-state index is 4.34. The van der Waals surface area contributed by atoms with Crippen molar-refractivity contribution in [1.82, 2.24) is 24.5 Å². The number of hydrogen-bond donors (Lipinski definition) is 1. The van der Waals surface area contributed by atoms with Crippen LogP contribution >= 0.6 is 0 Å². The molecule has 1 N–H and O–H groups in total. The van der Waals surface area contributed by atoms with Gasteiger partial charge in [-0.1, -0.05) is 6.42 Å². The van der Waals surface area contributed by atoms with Gasteiger partial charge in [0.15, 0.2) is 0 Å². The number of rotatable bonds is 5. The number of fused-ring (bicyclic) bond motifs is 1. The first kappa shape index (κ1) is 13.3. The van der Waals surface area contributed by atoms with E-state index >= 15 is 0 Å². The number of piperidine rings is 1. The number of likely N-dealkylation sites (tertiary alicyclic amines) is 1. The molecule has 0 bridgehead atoms. The number of aromatic nitrogens is 4. The molecule has 0 atom stereocenters. The Morgan fingerprint density at radius 3 is 2.95 bits per heavy atom. The topological polar surface area (TPSA) is 58.4 Å². The molecule has 20 heavy (non-hydrogen) atoms. The van der Waals surface area contributed by atoms with Crippen LogP contribution in [-0.2, 0) is 0 Å². The SMILES string of the molecule is Cc1cc(NCCCN2CCCCC2)n2ncnc2n1. The van der Waals surface area contributed by atoms with Crippen molar-refractivity contribution in [3.8, 4) is 0 Å². The van der Waals surface area contributed by atoms with Crippen LogP contribution in [-0.4, -0.2) is 50.7 Å². The van der Waals surface area contributed by atoms with Crippen molar-refractivity contribution in [3.05, 3.63) is 18.1 Å². The van der Waals surface area contributed by atoms with E-state index in [0.29, 0.717) is 5.78 Å². The van der Waals surface area contributed by atoms with E-state index in [-0.39, 0.29) is 0 Å². The predicted octanol–water partition coefficient (Wildman–Crippen LogP) is 1.72. The highest BCUT2D eigenvalue weighted by Crippen LogP contribution is 2.11. The molecule has 6 nitrogen and oxygen atoms in total. The lowest BCUT2D eigenvalue weighted by atomic mass is 10.1. The number of aryl methyl sites for hydroxylation is 1. The third kappa shape index (κ3) is 3.07. The van der Waals surface area contributed by atoms with E-state index in [4.69, 9.17) is 0 Å². The average Bonchev–Trinajstić information content (AvgIpc) is 2.92. The maximum absolute atomic E-state index is 4.34. The van der Waals surface area contributed by atoms with Crippen LogP contribution < -0.4 is 5.32 Å². The molecule has 1 aliphatic heterocycles. The quantitative estimate of drug-likeness (QED) is 0.841. The minimum absolute atomic E-state index is 0.656. The molecule has 2 aromatic rings. The van der Waals surface area contributed by atoms with Crippen LogP contribution in [0.25, 0.3) is 5.78 Å². The van der Waals surface area contributed by atoms with Gasteiger partial charge < -0.3 is 10.2 Å². The van der Waals surface area contributed by atoms with Crippen LogP contribution in [0.15, 0.2) is 12.4 Å². The molecule has 1 aliphatic rings. The van der Waals surface area contributed by atoms with E-state index in [0.717, 1.165) is 24.5 Å². The van der Waals surface area contributed by atoms with E-state index < -0.39 is 0 Å². The highest BCUT2D eigenvalue weighted by molar-refractivity contribution is 5.44. The van der Waals surface area contributed by atoms with Gasteiger partial charge in [-0.25, -0.2) is 4.98 Å². The summed E-state index contributed by atoms with van der Waals surface area (Å²) in [5.41, 5.74) is 0.962. The molecule has 0 saturated carbocycles. The second-order valence-electron chi connectivity index (χ2n) is 5.44. The van der Waals surface area contributed by atoms with Crippen LogP contribution in [0.4, 0.5) is 5.82 Å². The summed E-state index contributed by atoms with van der Waals surface area (Å²) in [4.78, 5) is 11.0. The highest BCUT2D eigenvalue weighted by atomic mass is 15.3. The monoisotopic (exact) mass is 274 g/mol. The predicted molar refractivity (Wildman–Crippen MR) is 78.9 cm³/mol. The van der Waals surface area contributed by atoms with E-state index in [9.17, 15) is 0 Å². The van der Waals surface area contributed by atoms with Gasteiger partial charge in [0.1, 0.15) is 12.1 Å². The van der Waals surface area contributed by atoms with Gasteiger partial charge in [0.2, 0.25) is 0 Å². The maximum Gasteiger partial charge on any atom is 0.254 e. The molecule has 3 heterocycles. The number of nitrogens with one attached hydrogen (secondary N) is 1. The van der Waals surface area contributed by atoms with Gasteiger partial charge in [0.25, 0.3) is 5.78 Å². The minimum Gasteiger partial charge on any atom is -0.370 e. The highest BCUT2D eigenvalue weighted by Gasteiger charge is 2.09. The zero-order valence-electron chi connectivity index (χ0n) is 12.0. The number of anilines is 1. The van der Waals surface area contributed by atoms with Crippen LogP contribution in [0.5, 0.6) is 0 Å². The van der Waals surface area contributed by atoms with E-state index in [2.05, 4.69) is 25.3 Å². The molecule has 3 rings (SSSR count). The van der Waals surface area contributed by atoms with Crippen molar-refractivity contribution >= 4 is 11.6 Å². The molecular weight excluding hydrogens is 252 g/mol. The Labute approximate surface area is 119 Å². The molecule has 1 fully saturated rings.